The van der Waals surface area contributed by atoms with Gasteiger partial charge in [0.15, 0.2) is 5.78 Å². The Labute approximate surface area is 83.9 Å². The van der Waals surface area contributed by atoms with Gasteiger partial charge in [0.2, 0.25) is 0 Å². The zero-order valence-electron chi connectivity index (χ0n) is 8.32. The van der Waals surface area contributed by atoms with Crippen molar-refractivity contribution in [3.05, 3.63) is 29.8 Å². The lowest BCUT2D eigenvalue weighted by atomic mass is 9.98. The fraction of sp³-hybridized carbons (Fsp3) is 0.417. The Morgan fingerprint density at radius 2 is 2.21 bits per heavy atom. The van der Waals surface area contributed by atoms with Crippen LogP contribution < -0.4 is 4.74 Å². The molecule has 2 nitrogen and oxygen atoms in total. The summed E-state index contributed by atoms with van der Waals surface area (Å²) in [7, 11) is 0. The molecule has 1 aliphatic rings. The van der Waals surface area contributed by atoms with Crippen molar-refractivity contribution in [3.63, 3.8) is 0 Å². The lowest BCUT2D eigenvalue weighted by Gasteiger charge is -2.24. The molecular weight excluding hydrogens is 176 g/mol. The number of hydrogen-bond donors (Lipinski definition) is 0. The van der Waals surface area contributed by atoms with Gasteiger partial charge in [-0.05, 0) is 18.6 Å². The Kier molecular flexibility index (Phi) is 2.53. The van der Waals surface area contributed by atoms with E-state index in [-0.39, 0.29) is 11.9 Å². The molecule has 0 bridgehead atoms. The number of ether oxygens (including phenoxy) is 1. The zero-order valence-corrected chi connectivity index (χ0v) is 8.32. The van der Waals surface area contributed by atoms with Gasteiger partial charge in [-0.15, -0.1) is 0 Å². The summed E-state index contributed by atoms with van der Waals surface area (Å²) in [5.41, 5.74) is 0.736. The van der Waals surface area contributed by atoms with Crippen LogP contribution in [0.1, 0.15) is 36.5 Å². The largest absolute Gasteiger partial charge is 0.489 e. The zero-order chi connectivity index (χ0) is 9.97. The van der Waals surface area contributed by atoms with Crippen molar-refractivity contribution in [1.29, 1.82) is 0 Å². The van der Waals surface area contributed by atoms with Crippen molar-refractivity contribution in [1.82, 2.24) is 0 Å². The topological polar surface area (TPSA) is 26.3 Å². The van der Waals surface area contributed by atoms with Gasteiger partial charge in [-0.25, -0.2) is 0 Å². The average Bonchev–Trinajstić information content (AvgIpc) is 2.18. The molecule has 0 N–H and O–H groups in total. The molecule has 0 saturated heterocycles. The van der Waals surface area contributed by atoms with Crippen molar-refractivity contribution in [2.45, 2.75) is 32.3 Å². The van der Waals surface area contributed by atoms with E-state index >= 15 is 0 Å². The number of para-hydroxylation sites is 1. The summed E-state index contributed by atoms with van der Waals surface area (Å²) in [5.74, 6) is 0.965. The van der Waals surface area contributed by atoms with Crippen LogP contribution in [0.4, 0.5) is 0 Å². The Hall–Kier alpha value is -1.31. The van der Waals surface area contributed by atoms with Gasteiger partial charge in [0.05, 0.1) is 5.56 Å². The maximum absolute atomic E-state index is 11.7. The van der Waals surface area contributed by atoms with Crippen molar-refractivity contribution in [3.8, 4) is 5.75 Å². The van der Waals surface area contributed by atoms with E-state index < -0.39 is 0 Å². The van der Waals surface area contributed by atoms with Crippen LogP contribution >= 0.6 is 0 Å². The maximum atomic E-state index is 11.7. The molecule has 0 spiro atoms. The van der Waals surface area contributed by atoms with Crippen LogP contribution in [0.15, 0.2) is 24.3 Å². The number of ketones is 1. The number of Topliss-reactive ketones (excluding diaryl/α,β-unsaturated/α-hetero) is 1. The summed E-state index contributed by atoms with van der Waals surface area (Å²) >= 11 is 0. The minimum atomic E-state index is 0.0856. The van der Waals surface area contributed by atoms with Gasteiger partial charge < -0.3 is 4.74 Å². The number of hydrogen-bond acceptors (Lipinski definition) is 2. The molecule has 1 aliphatic heterocycles. The average molecular weight is 190 g/mol. The third-order valence-electron chi connectivity index (χ3n) is 2.50. The first-order chi connectivity index (χ1) is 6.81. The number of rotatable bonds is 2. The molecule has 0 aromatic heterocycles. The van der Waals surface area contributed by atoms with E-state index in [0.29, 0.717) is 6.42 Å². The molecule has 0 saturated carbocycles. The highest BCUT2D eigenvalue weighted by atomic mass is 16.5. The third kappa shape index (κ3) is 1.65. The minimum Gasteiger partial charge on any atom is -0.489 e. The van der Waals surface area contributed by atoms with Gasteiger partial charge in [0, 0.05) is 6.42 Å². The second kappa shape index (κ2) is 3.82. The summed E-state index contributed by atoms with van der Waals surface area (Å²) in [6.07, 6.45) is 2.63. The second-order valence-corrected chi connectivity index (χ2v) is 3.65. The lowest BCUT2D eigenvalue weighted by molar-refractivity contribution is 0.0838. The van der Waals surface area contributed by atoms with Gasteiger partial charge in [-0.1, -0.05) is 25.5 Å². The van der Waals surface area contributed by atoms with E-state index in [1.165, 1.54) is 0 Å². The Bertz CT molecular complexity index is 344. The van der Waals surface area contributed by atoms with Gasteiger partial charge in [0.25, 0.3) is 0 Å². The first-order valence-corrected chi connectivity index (χ1v) is 5.10. The molecule has 0 fully saturated rings. The third-order valence-corrected chi connectivity index (χ3v) is 2.50. The fourth-order valence-corrected chi connectivity index (χ4v) is 1.82. The predicted octanol–water partition coefficient (Wildman–Crippen LogP) is 2.82. The number of carbonyl (C=O) groups excluding carboxylic acids is 1. The second-order valence-electron chi connectivity index (χ2n) is 3.65. The normalized spacial score (nSPS) is 20.1. The van der Waals surface area contributed by atoms with Gasteiger partial charge in [0.1, 0.15) is 11.9 Å². The summed E-state index contributed by atoms with van der Waals surface area (Å²) < 4.78 is 5.72. The van der Waals surface area contributed by atoms with Crippen LogP contribution in [-0.4, -0.2) is 11.9 Å². The molecule has 2 rings (SSSR count). The van der Waals surface area contributed by atoms with E-state index in [4.69, 9.17) is 4.74 Å². The van der Waals surface area contributed by atoms with Crippen LogP contribution in [0.25, 0.3) is 0 Å². The summed E-state index contributed by atoms with van der Waals surface area (Å²) in [6, 6.07) is 7.48. The molecular formula is C12H14O2. The molecule has 0 unspecified atom stereocenters. The van der Waals surface area contributed by atoms with Crippen LogP contribution in [0.5, 0.6) is 5.75 Å². The number of benzene rings is 1. The standard InChI is InChI=1S/C12H14O2/c1-2-5-9-8-11(13)10-6-3-4-7-12(10)14-9/h3-4,6-7,9H,2,5,8H2,1H3/t9-/m1/s1. The van der Waals surface area contributed by atoms with Crippen molar-refractivity contribution in [2.24, 2.45) is 0 Å². The van der Waals surface area contributed by atoms with E-state index in [0.717, 1.165) is 24.2 Å². The van der Waals surface area contributed by atoms with E-state index in [1.807, 2.05) is 24.3 Å². The Balaban J connectivity index is 2.24. The van der Waals surface area contributed by atoms with Crippen LogP contribution in [-0.2, 0) is 0 Å². The van der Waals surface area contributed by atoms with Crippen LogP contribution in [0.3, 0.4) is 0 Å². The molecule has 14 heavy (non-hydrogen) atoms. The van der Waals surface area contributed by atoms with Gasteiger partial charge >= 0.3 is 0 Å². The summed E-state index contributed by atoms with van der Waals surface area (Å²) in [6.45, 7) is 2.11. The summed E-state index contributed by atoms with van der Waals surface area (Å²) in [5, 5.41) is 0. The Morgan fingerprint density at radius 3 is 3.00 bits per heavy atom. The van der Waals surface area contributed by atoms with Crippen LogP contribution in [0.2, 0.25) is 0 Å². The fourth-order valence-electron chi connectivity index (χ4n) is 1.82. The van der Waals surface area contributed by atoms with Crippen molar-refractivity contribution < 1.29 is 9.53 Å². The minimum absolute atomic E-state index is 0.0856. The Morgan fingerprint density at radius 1 is 1.43 bits per heavy atom. The molecule has 1 aromatic rings. The number of carbonyl (C=O) groups is 1. The highest BCUT2D eigenvalue weighted by Crippen LogP contribution is 2.28. The molecule has 1 heterocycles. The SMILES string of the molecule is CCC[C@@H]1CC(=O)c2ccccc2O1. The van der Waals surface area contributed by atoms with E-state index in [2.05, 4.69) is 6.92 Å². The molecule has 2 heteroatoms. The van der Waals surface area contributed by atoms with Crippen molar-refractivity contribution in [2.75, 3.05) is 0 Å². The van der Waals surface area contributed by atoms with Gasteiger partial charge in [-0.2, -0.15) is 0 Å². The molecule has 0 amide bonds. The molecule has 1 aromatic carbocycles. The predicted molar refractivity (Wildman–Crippen MR) is 54.7 cm³/mol. The highest BCUT2D eigenvalue weighted by Gasteiger charge is 2.24. The monoisotopic (exact) mass is 190 g/mol. The van der Waals surface area contributed by atoms with E-state index in [1.54, 1.807) is 0 Å². The first-order valence-electron chi connectivity index (χ1n) is 5.10. The van der Waals surface area contributed by atoms with Crippen LogP contribution in [0, 0.1) is 0 Å². The summed E-state index contributed by atoms with van der Waals surface area (Å²) in [4.78, 5) is 11.7. The highest BCUT2D eigenvalue weighted by molar-refractivity contribution is 5.99. The van der Waals surface area contributed by atoms with E-state index in [9.17, 15) is 4.79 Å². The van der Waals surface area contributed by atoms with Crippen molar-refractivity contribution >= 4 is 5.78 Å². The molecule has 74 valence electrons. The molecule has 0 radical (unpaired) electrons. The smallest absolute Gasteiger partial charge is 0.170 e. The van der Waals surface area contributed by atoms with Gasteiger partial charge in [-0.3, -0.25) is 4.79 Å². The number of fused-ring (bicyclic) bond motifs is 1. The molecule has 1 atom stereocenters. The maximum Gasteiger partial charge on any atom is 0.170 e. The molecule has 0 aliphatic carbocycles. The quantitative estimate of drug-likeness (QED) is 0.716. The lowest BCUT2D eigenvalue weighted by Crippen LogP contribution is -2.26. The first kappa shape index (κ1) is 9.25.